The fraction of sp³-hybridized carbons (Fsp3) is 0.526. The van der Waals surface area contributed by atoms with Gasteiger partial charge in [0, 0.05) is 23.7 Å². The van der Waals surface area contributed by atoms with Crippen LogP contribution in [0.2, 0.25) is 0 Å². The Balaban J connectivity index is 1.61. The molecular formula is C19H24N2OS. The van der Waals surface area contributed by atoms with E-state index < -0.39 is 0 Å². The average molecular weight is 328 g/mol. The molecule has 122 valence electrons. The Labute approximate surface area is 142 Å². The number of imidazole rings is 1. The van der Waals surface area contributed by atoms with Gasteiger partial charge >= 0.3 is 0 Å². The van der Waals surface area contributed by atoms with Crippen LogP contribution in [-0.4, -0.2) is 28.0 Å². The Hall–Kier alpha value is -1.26. The normalized spacial score (nSPS) is 21.1. The molecule has 0 N–H and O–H groups in total. The zero-order valence-corrected chi connectivity index (χ0v) is 14.4. The van der Waals surface area contributed by atoms with Gasteiger partial charge in [0.1, 0.15) is 0 Å². The molecule has 0 bridgehead atoms. The van der Waals surface area contributed by atoms with Gasteiger partial charge in [-0.3, -0.25) is 4.57 Å². The van der Waals surface area contributed by atoms with Crippen LogP contribution in [0.15, 0.2) is 35.5 Å². The molecule has 0 radical (unpaired) electrons. The van der Waals surface area contributed by atoms with Crippen LogP contribution in [0.5, 0.6) is 0 Å². The maximum Gasteiger partial charge on any atom is 0.173 e. The molecule has 0 unspecified atom stereocenters. The van der Waals surface area contributed by atoms with Crippen LogP contribution in [0.1, 0.15) is 43.5 Å². The molecule has 1 aliphatic carbocycles. The van der Waals surface area contributed by atoms with Crippen molar-refractivity contribution in [1.29, 1.82) is 0 Å². The van der Waals surface area contributed by atoms with Crippen LogP contribution < -0.4 is 0 Å². The van der Waals surface area contributed by atoms with E-state index in [1.54, 1.807) is 0 Å². The molecule has 1 aliphatic heterocycles. The molecule has 0 amide bonds. The van der Waals surface area contributed by atoms with Gasteiger partial charge in [-0.15, -0.1) is 0 Å². The van der Waals surface area contributed by atoms with Crippen LogP contribution in [0, 0.1) is 0 Å². The number of hydrogen-bond acceptors (Lipinski definition) is 3. The van der Waals surface area contributed by atoms with Gasteiger partial charge in [0.2, 0.25) is 0 Å². The molecule has 1 saturated heterocycles. The van der Waals surface area contributed by atoms with E-state index in [2.05, 4.69) is 34.9 Å². The van der Waals surface area contributed by atoms with Crippen LogP contribution in [0.25, 0.3) is 5.69 Å². The third-order valence-corrected chi connectivity index (χ3v) is 5.86. The third kappa shape index (κ3) is 3.33. The molecular weight excluding hydrogens is 304 g/mol. The van der Waals surface area contributed by atoms with Gasteiger partial charge in [-0.05, 0) is 57.1 Å². The number of ether oxygens (including phenoxy) is 1. The molecule has 2 heterocycles. The van der Waals surface area contributed by atoms with Crippen molar-refractivity contribution in [2.45, 2.75) is 56.2 Å². The van der Waals surface area contributed by atoms with Gasteiger partial charge in [0.15, 0.2) is 5.16 Å². The zero-order chi connectivity index (χ0) is 15.5. The van der Waals surface area contributed by atoms with Crippen molar-refractivity contribution in [3.05, 3.63) is 41.7 Å². The number of benzene rings is 1. The minimum atomic E-state index is 0.395. The van der Waals surface area contributed by atoms with E-state index >= 15 is 0 Å². The first-order valence-electron chi connectivity index (χ1n) is 8.82. The lowest BCUT2D eigenvalue weighted by atomic mass is 10.0. The molecule has 1 aromatic heterocycles. The van der Waals surface area contributed by atoms with Gasteiger partial charge in [-0.2, -0.15) is 0 Å². The first-order valence-corrected chi connectivity index (χ1v) is 9.81. The van der Waals surface area contributed by atoms with Gasteiger partial charge < -0.3 is 4.74 Å². The number of hydrogen-bond donors (Lipinski definition) is 0. The quantitative estimate of drug-likeness (QED) is 0.778. The summed E-state index contributed by atoms with van der Waals surface area (Å²) in [4.78, 5) is 4.98. The maximum atomic E-state index is 5.89. The van der Waals surface area contributed by atoms with Crippen LogP contribution in [0.3, 0.4) is 0 Å². The second-order valence-corrected chi connectivity index (χ2v) is 7.45. The number of rotatable bonds is 4. The highest BCUT2D eigenvalue weighted by atomic mass is 32.2. The monoisotopic (exact) mass is 328 g/mol. The number of aryl methyl sites for hydroxylation is 1. The number of para-hydroxylation sites is 1. The van der Waals surface area contributed by atoms with Crippen molar-refractivity contribution < 1.29 is 4.74 Å². The highest BCUT2D eigenvalue weighted by Gasteiger charge is 2.22. The molecule has 2 aliphatic rings. The number of aromatic nitrogens is 2. The summed E-state index contributed by atoms with van der Waals surface area (Å²) in [6, 6.07) is 10.7. The van der Waals surface area contributed by atoms with Crippen molar-refractivity contribution in [1.82, 2.24) is 9.55 Å². The van der Waals surface area contributed by atoms with E-state index in [9.17, 15) is 0 Å². The SMILES string of the molecule is c1ccc(-n2c(SC[C@@H]3CCCCO3)nc3c2CCCC3)cc1. The molecule has 2 aromatic rings. The Kier molecular flexibility index (Phi) is 4.72. The second kappa shape index (κ2) is 7.10. The average Bonchev–Trinajstić information content (AvgIpc) is 3.00. The number of thioether (sulfide) groups is 1. The summed E-state index contributed by atoms with van der Waals surface area (Å²) in [5.74, 6) is 1.02. The summed E-state index contributed by atoms with van der Waals surface area (Å²) in [6.45, 7) is 0.925. The van der Waals surface area contributed by atoms with E-state index in [-0.39, 0.29) is 0 Å². The Morgan fingerprint density at radius 3 is 2.78 bits per heavy atom. The van der Waals surface area contributed by atoms with E-state index in [1.807, 2.05) is 11.8 Å². The predicted octanol–water partition coefficient (Wildman–Crippen LogP) is 4.41. The molecule has 1 atom stereocenters. The minimum Gasteiger partial charge on any atom is -0.377 e. The van der Waals surface area contributed by atoms with E-state index in [0.29, 0.717) is 6.10 Å². The maximum absolute atomic E-state index is 5.89. The fourth-order valence-electron chi connectivity index (χ4n) is 3.56. The molecule has 1 aromatic carbocycles. The molecule has 0 spiro atoms. The van der Waals surface area contributed by atoms with Crippen molar-refractivity contribution in [3.63, 3.8) is 0 Å². The Morgan fingerprint density at radius 2 is 1.96 bits per heavy atom. The predicted molar refractivity (Wildman–Crippen MR) is 94.5 cm³/mol. The largest absolute Gasteiger partial charge is 0.377 e. The zero-order valence-electron chi connectivity index (χ0n) is 13.5. The molecule has 3 nitrogen and oxygen atoms in total. The van der Waals surface area contributed by atoms with E-state index in [4.69, 9.17) is 9.72 Å². The first kappa shape index (κ1) is 15.3. The molecule has 4 rings (SSSR count). The summed E-state index contributed by atoms with van der Waals surface area (Å²) in [6.07, 6.45) is 8.93. The van der Waals surface area contributed by atoms with E-state index in [1.165, 1.54) is 49.2 Å². The van der Waals surface area contributed by atoms with Crippen LogP contribution in [-0.2, 0) is 17.6 Å². The smallest absolute Gasteiger partial charge is 0.173 e. The van der Waals surface area contributed by atoms with Gasteiger partial charge in [-0.25, -0.2) is 4.98 Å². The highest BCUT2D eigenvalue weighted by Crippen LogP contribution is 2.31. The summed E-state index contributed by atoms with van der Waals surface area (Å²) in [7, 11) is 0. The van der Waals surface area contributed by atoms with Crippen molar-refractivity contribution >= 4 is 11.8 Å². The molecule has 4 heteroatoms. The third-order valence-electron chi connectivity index (χ3n) is 4.79. The van der Waals surface area contributed by atoms with Crippen molar-refractivity contribution in [3.8, 4) is 5.69 Å². The summed E-state index contributed by atoms with van der Waals surface area (Å²) in [5, 5.41) is 1.15. The summed E-state index contributed by atoms with van der Waals surface area (Å²) >= 11 is 1.87. The van der Waals surface area contributed by atoms with Crippen LogP contribution in [0.4, 0.5) is 0 Å². The summed E-state index contributed by atoms with van der Waals surface area (Å²) < 4.78 is 8.28. The van der Waals surface area contributed by atoms with Gasteiger partial charge in [0.25, 0.3) is 0 Å². The fourth-order valence-corrected chi connectivity index (χ4v) is 4.68. The standard InChI is InChI=1S/C19H24N2OS/c1-2-8-15(9-3-1)21-18-12-5-4-11-17(18)20-19(21)23-14-16-10-6-7-13-22-16/h1-3,8-9,16H,4-7,10-14H2/t16-/m0/s1. The topological polar surface area (TPSA) is 27.1 Å². The Morgan fingerprint density at radius 1 is 1.09 bits per heavy atom. The highest BCUT2D eigenvalue weighted by molar-refractivity contribution is 7.99. The lowest BCUT2D eigenvalue weighted by molar-refractivity contribution is 0.0315. The summed E-state index contributed by atoms with van der Waals surface area (Å²) in [5.41, 5.74) is 3.98. The molecule has 1 fully saturated rings. The molecule has 0 saturated carbocycles. The lowest BCUT2D eigenvalue weighted by Gasteiger charge is -2.22. The van der Waals surface area contributed by atoms with Crippen LogP contribution >= 0.6 is 11.8 Å². The second-order valence-electron chi connectivity index (χ2n) is 6.47. The van der Waals surface area contributed by atoms with E-state index in [0.717, 1.165) is 30.4 Å². The minimum absolute atomic E-state index is 0.395. The number of fused-ring (bicyclic) bond motifs is 1. The van der Waals surface area contributed by atoms with Gasteiger partial charge in [0.05, 0.1) is 11.8 Å². The number of nitrogens with zero attached hydrogens (tertiary/aromatic N) is 2. The first-order chi connectivity index (χ1) is 11.4. The van der Waals surface area contributed by atoms with Gasteiger partial charge in [-0.1, -0.05) is 30.0 Å². The van der Waals surface area contributed by atoms with Crippen molar-refractivity contribution in [2.75, 3.05) is 12.4 Å². The lowest BCUT2D eigenvalue weighted by Crippen LogP contribution is -2.21. The van der Waals surface area contributed by atoms with Crippen molar-refractivity contribution in [2.24, 2.45) is 0 Å². The Bertz CT molecular complexity index is 647. The molecule has 23 heavy (non-hydrogen) atoms.